The Morgan fingerprint density at radius 1 is 1.27 bits per heavy atom. The van der Waals surface area contributed by atoms with Crippen molar-refractivity contribution in [3.8, 4) is 11.6 Å². The van der Waals surface area contributed by atoms with E-state index in [4.69, 9.17) is 25.4 Å². The molecule has 0 spiro atoms. The molecule has 0 aliphatic rings. The van der Waals surface area contributed by atoms with Gasteiger partial charge in [0.1, 0.15) is 5.75 Å². The fraction of sp³-hybridized carbons (Fsp3) is 0.267. The van der Waals surface area contributed by atoms with Crippen LogP contribution in [-0.2, 0) is 19.8 Å². The maximum atomic E-state index is 12.3. The molecule has 5 nitrogen and oxygen atoms in total. The minimum Gasteiger partial charge on any atom is -0.439 e. The lowest BCUT2D eigenvalue weighted by Crippen LogP contribution is -1.97. The Bertz CT molecular complexity index is 663. The highest BCUT2D eigenvalue weighted by atomic mass is 35.5. The number of halogens is 1. The Hall–Kier alpha value is -1.39. The number of nitrogens with zero attached hydrogens (tertiary/aromatic N) is 1. The van der Waals surface area contributed by atoms with Gasteiger partial charge in [-0.2, -0.15) is 0 Å². The Kier molecular flexibility index (Phi) is 5.98. The van der Waals surface area contributed by atoms with E-state index in [9.17, 15) is 4.57 Å². The Morgan fingerprint density at radius 3 is 2.73 bits per heavy atom. The molecule has 7 heteroatoms. The number of aromatic nitrogens is 1. The van der Waals surface area contributed by atoms with Crippen LogP contribution < -0.4 is 4.74 Å². The third kappa shape index (κ3) is 4.82. The van der Waals surface area contributed by atoms with Crippen molar-refractivity contribution in [3.63, 3.8) is 0 Å². The lowest BCUT2D eigenvalue weighted by molar-refractivity contribution is 0.243. The molecule has 1 atom stereocenters. The average molecular weight is 342 g/mol. The SMILES string of the molecule is CCOP(=O)(Cc1cccc(Oc2ccc(Cl)cn2)c1)OC. The molecular formula is C15H17ClNO4P. The van der Waals surface area contributed by atoms with E-state index in [1.807, 2.05) is 12.1 Å². The normalized spacial score (nSPS) is 13.6. The maximum absolute atomic E-state index is 12.3. The molecule has 0 N–H and O–H groups in total. The molecule has 0 fully saturated rings. The molecule has 1 unspecified atom stereocenters. The van der Waals surface area contributed by atoms with Crippen molar-refractivity contribution in [1.29, 1.82) is 0 Å². The van der Waals surface area contributed by atoms with Gasteiger partial charge >= 0.3 is 7.60 Å². The van der Waals surface area contributed by atoms with Crippen molar-refractivity contribution in [2.24, 2.45) is 0 Å². The van der Waals surface area contributed by atoms with Gasteiger partial charge in [-0.25, -0.2) is 4.98 Å². The third-order valence-corrected chi connectivity index (χ3v) is 4.99. The first-order valence-corrected chi connectivity index (χ1v) is 8.83. The van der Waals surface area contributed by atoms with Crippen molar-refractivity contribution in [2.45, 2.75) is 13.1 Å². The highest BCUT2D eigenvalue weighted by Crippen LogP contribution is 2.50. The molecule has 0 radical (unpaired) electrons. The number of benzene rings is 1. The van der Waals surface area contributed by atoms with E-state index in [1.165, 1.54) is 13.3 Å². The van der Waals surface area contributed by atoms with Gasteiger partial charge in [-0.05, 0) is 30.7 Å². The lowest BCUT2D eigenvalue weighted by atomic mass is 10.2. The van der Waals surface area contributed by atoms with E-state index < -0.39 is 7.60 Å². The van der Waals surface area contributed by atoms with Crippen LogP contribution in [0.3, 0.4) is 0 Å². The van der Waals surface area contributed by atoms with Crippen molar-refractivity contribution in [1.82, 2.24) is 4.98 Å². The van der Waals surface area contributed by atoms with E-state index in [0.29, 0.717) is 23.3 Å². The molecule has 0 saturated carbocycles. The van der Waals surface area contributed by atoms with Crippen molar-refractivity contribution >= 4 is 19.2 Å². The van der Waals surface area contributed by atoms with Crippen LogP contribution >= 0.6 is 19.2 Å². The molecule has 1 heterocycles. The molecule has 0 aliphatic carbocycles. The summed E-state index contributed by atoms with van der Waals surface area (Å²) >= 11 is 5.78. The first-order chi connectivity index (χ1) is 10.5. The minimum atomic E-state index is -3.12. The number of ether oxygens (including phenoxy) is 1. The molecule has 0 saturated heterocycles. The number of pyridine rings is 1. The lowest BCUT2D eigenvalue weighted by Gasteiger charge is -2.15. The molecule has 0 aliphatic heterocycles. The van der Waals surface area contributed by atoms with Gasteiger partial charge in [-0.3, -0.25) is 4.57 Å². The molecule has 2 aromatic rings. The van der Waals surface area contributed by atoms with Gasteiger partial charge in [0.2, 0.25) is 5.88 Å². The van der Waals surface area contributed by atoms with Crippen molar-refractivity contribution < 1.29 is 18.3 Å². The highest BCUT2D eigenvalue weighted by molar-refractivity contribution is 7.53. The quantitative estimate of drug-likeness (QED) is 0.670. The molecule has 0 bridgehead atoms. The molecule has 1 aromatic heterocycles. The number of hydrogen-bond donors (Lipinski definition) is 0. The summed E-state index contributed by atoms with van der Waals surface area (Å²) in [6.45, 7) is 2.10. The molecule has 0 amide bonds. The van der Waals surface area contributed by atoms with E-state index >= 15 is 0 Å². The third-order valence-electron chi connectivity index (χ3n) is 2.80. The molecule has 2 rings (SSSR count). The molecule has 1 aromatic carbocycles. The summed E-state index contributed by atoms with van der Waals surface area (Å²) < 4.78 is 28.2. The summed E-state index contributed by atoms with van der Waals surface area (Å²) in [5.74, 6) is 1.02. The Labute approximate surface area is 134 Å². The van der Waals surface area contributed by atoms with Gasteiger partial charge < -0.3 is 13.8 Å². The van der Waals surface area contributed by atoms with Crippen LogP contribution in [0.15, 0.2) is 42.6 Å². The monoisotopic (exact) mass is 341 g/mol. The molecular weight excluding hydrogens is 325 g/mol. The first-order valence-electron chi connectivity index (χ1n) is 6.72. The van der Waals surface area contributed by atoms with Gasteiger partial charge in [0, 0.05) is 19.4 Å². The predicted octanol–water partition coefficient (Wildman–Crippen LogP) is 4.90. The van der Waals surface area contributed by atoms with Crippen LogP contribution in [0.25, 0.3) is 0 Å². The van der Waals surface area contributed by atoms with Crippen molar-refractivity contribution in [2.75, 3.05) is 13.7 Å². The summed E-state index contributed by atoms with van der Waals surface area (Å²) in [7, 11) is -1.74. The molecule has 118 valence electrons. The van der Waals surface area contributed by atoms with Crippen LogP contribution in [0.1, 0.15) is 12.5 Å². The van der Waals surface area contributed by atoms with Gasteiger partial charge in [0.05, 0.1) is 17.8 Å². The minimum absolute atomic E-state index is 0.183. The average Bonchev–Trinajstić information content (AvgIpc) is 2.50. The predicted molar refractivity (Wildman–Crippen MR) is 85.7 cm³/mol. The van der Waals surface area contributed by atoms with Crippen LogP contribution in [0.2, 0.25) is 5.02 Å². The maximum Gasteiger partial charge on any atom is 0.334 e. The Balaban J connectivity index is 2.12. The number of hydrogen-bond acceptors (Lipinski definition) is 5. The Morgan fingerprint density at radius 2 is 2.09 bits per heavy atom. The van der Waals surface area contributed by atoms with Gasteiger partial charge in [0.15, 0.2) is 0 Å². The largest absolute Gasteiger partial charge is 0.439 e. The van der Waals surface area contributed by atoms with Gasteiger partial charge in [-0.1, -0.05) is 23.7 Å². The van der Waals surface area contributed by atoms with E-state index in [1.54, 1.807) is 31.2 Å². The zero-order valence-corrected chi connectivity index (χ0v) is 14.0. The topological polar surface area (TPSA) is 57.7 Å². The highest BCUT2D eigenvalue weighted by Gasteiger charge is 2.22. The summed E-state index contributed by atoms with van der Waals surface area (Å²) in [5.41, 5.74) is 0.796. The second-order valence-electron chi connectivity index (χ2n) is 4.43. The fourth-order valence-electron chi connectivity index (χ4n) is 1.83. The summed E-state index contributed by atoms with van der Waals surface area (Å²) in [6.07, 6.45) is 1.69. The first kappa shape index (κ1) is 17.0. The fourth-order valence-corrected chi connectivity index (χ4v) is 3.31. The molecule has 22 heavy (non-hydrogen) atoms. The standard InChI is InChI=1S/C15H17ClNO4P/c1-3-20-22(18,19-2)11-12-5-4-6-14(9-12)21-15-8-7-13(16)10-17-15/h4-10H,3,11H2,1-2H3. The van der Waals surface area contributed by atoms with Gasteiger partial charge in [0.25, 0.3) is 0 Å². The van der Waals surface area contributed by atoms with Crippen LogP contribution in [0.5, 0.6) is 11.6 Å². The second kappa shape index (κ2) is 7.75. The summed E-state index contributed by atoms with van der Waals surface area (Å²) in [4.78, 5) is 4.07. The zero-order chi connectivity index (χ0) is 16.0. The van der Waals surface area contributed by atoms with E-state index in [2.05, 4.69) is 4.98 Å². The smallest absolute Gasteiger partial charge is 0.334 e. The van der Waals surface area contributed by atoms with E-state index in [0.717, 1.165) is 5.56 Å². The van der Waals surface area contributed by atoms with E-state index in [-0.39, 0.29) is 6.16 Å². The second-order valence-corrected chi connectivity index (χ2v) is 7.03. The van der Waals surface area contributed by atoms with Crippen LogP contribution in [-0.4, -0.2) is 18.7 Å². The van der Waals surface area contributed by atoms with Gasteiger partial charge in [-0.15, -0.1) is 0 Å². The summed E-state index contributed by atoms with van der Waals surface area (Å²) in [5, 5.41) is 0.541. The van der Waals surface area contributed by atoms with Crippen molar-refractivity contribution in [3.05, 3.63) is 53.2 Å². The summed E-state index contributed by atoms with van der Waals surface area (Å²) in [6, 6.07) is 10.6. The van der Waals surface area contributed by atoms with Crippen LogP contribution in [0.4, 0.5) is 0 Å². The van der Waals surface area contributed by atoms with Crippen LogP contribution in [0, 0.1) is 0 Å². The number of rotatable bonds is 7. The zero-order valence-electron chi connectivity index (χ0n) is 12.4.